The first-order valence-electron chi connectivity index (χ1n) is 7.60. The van der Waals surface area contributed by atoms with E-state index in [1.165, 1.54) is 18.5 Å². The minimum absolute atomic E-state index is 0.0756. The predicted molar refractivity (Wildman–Crippen MR) is 82.0 cm³/mol. The SMILES string of the molecule is CC(C(=O)Nc1cccc(N2CCCC2)c1)C1CNC1. The van der Waals surface area contributed by atoms with E-state index in [-0.39, 0.29) is 11.8 Å². The van der Waals surface area contributed by atoms with E-state index in [1.807, 2.05) is 19.1 Å². The van der Waals surface area contributed by atoms with Gasteiger partial charge >= 0.3 is 0 Å². The Bertz CT molecular complexity index is 478. The Hall–Kier alpha value is -1.55. The summed E-state index contributed by atoms with van der Waals surface area (Å²) in [5, 5.41) is 6.28. The smallest absolute Gasteiger partial charge is 0.227 e. The molecule has 4 heteroatoms. The van der Waals surface area contributed by atoms with E-state index >= 15 is 0 Å². The molecule has 108 valence electrons. The largest absolute Gasteiger partial charge is 0.371 e. The van der Waals surface area contributed by atoms with Crippen LogP contribution in [0.2, 0.25) is 0 Å². The van der Waals surface area contributed by atoms with Gasteiger partial charge in [0.15, 0.2) is 0 Å². The Balaban J connectivity index is 1.64. The van der Waals surface area contributed by atoms with Crippen LogP contribution in [0.5, 0.6) is 0 Å². The molecule has 0 aromatic heterocycles. The molecular formula is C16H23N3O. The molecule has 0 aliphatic carbocycles. The van der Waals surface area contributed by atoms with E-state index < -0.39 is 0 Å². The van der Waals surface area contributed by atoms with Gasteiger partial charge < -0.3 is 15.5 Å². The zero-order valence-corrected chi connectivity index (χ0v) is 12.1. The first-order valence-corrected chi connectivity index (χ1v) is 7.60. The number of nitrogens with zero attached hydrogens (tertiary/aromatic N) is 1. The first-order chi connectivity index (χ1) is 9.74. The minimum Gasteiger partial charge on any atom is -0.371 e. The summed E-state index contributed by atoms with van der Waals surface area (Å²) >= 11 is 0. The quantitative estimate of drug-likeness (QED) is 0.883. The average molecular weight is 273 g/mol. The Morgan fingerprint density at radius 1 is 1.35 bits per heavy atom. The summed E-state index contributed by atoms with van der Waals surface area (Å²) in [6.45, 7) is 6.19. The van der Waals surface area contributed by atoms with Crippen molar-refractivity contribution in [1.29, 1.82) is 0 Å². The zero-order valence-electron chi connectivity index (χ0n) is 12.1. The third-order valence-electron chi connectivity index (χ3n) is 4.52. The van der Waals surface area contributed by atoms with Crippen LogP contribution in [0.15, 0.2) is 24.3 Å². The highest BCUT2D eigenvalue weighted by Gasteiger charge is 2.28. The third-order valence-corrected chi connectivity index (χ3v) is 4.52. The lowest BCUT2D eigenvalue weighted by molar-refractivity contribution is -0.121. The number of rotatable bonds is 4. The number of carbonyl (C=O) groups excluding carboxylic acids is 1. The fraction of sp³-hybridized carbons (Fsp3) is 0.562. The lowest BCUT2D eigenvalue weighted by atomic mass is 9.88. The van der Waals surface area contributed by atoms with Gasteiger partial charge in [0.1, 0.15) is 0 Å². The highest BCUT2D eigenvalue weighted by molar-refractivity contribution is 5.93. The topological polar surface area (TPSA) is 44.4 Å². The van der Waals surface area contributed by atoms with Gasteiger partial charge in [0.2, 0.25) is 5.91 Å². The van der Waals surface area contributed by atoms with Crippen LogP contribution in [0, 0.1) is 11.8 Å². The van der Waals surface area contributed by atoms with Gasteiger partial charge in [0.05, 0.1) is 0 Å². The van der Waals surface area contributed by atoms with Crippen LogP contribution in [0.3, 0.4) is 0 Å². The van der Waals surface area contributed by atoms with E-state index in [2.05, 4.69) is 27.7 Å². The fourth-order valence-corrected chi connectivity index (χ4v) is 2.89. The molecule has 2 aliphatic heterocycles. The van der Waals surface area contributed by atoms with E-state index in [4.69, 9.17) is 0 Å². The molecule has 1 amide bonds. The Kier molecular flexibility index (Phi) is 3.92. The van der Waals surface area contributed by atoms with Crippen molar-refractivity contribution in [3.05, 3.63) is 24.3 Å². The molecule has 3 rings (SSSR count). The molecule has 1 aromatic carbocycles. The van der Waals surface area contributed by atoms with Gasteiger partial charge in [-0.05, 0) is 50.0 Å². The van der Waals surface area contributed by atoms with Crippen LogP contribution in [-0.2, 0) is 4.79 Å². The van der Waals surface area contributed by atoms with Gasteiger partial charge in [-0.1, -0.05) is 13.0 Å². The molecule has 2 aliphatic rings. The summed E-state index contributed by atoms with van der Waals surface area (Å²) in [4.78, 5) is 14.6. The van der Waals surface area contributed by atoms with Crippen LogP contribution in [0.25, 0.3) is 0 Å². The van der Waals surface area contributed by atoms with Crippen molar-refractivity contribution >= 4 is 17.3 Å². The number of nitrogens with one attached hydrogen (secondary N) is 2. The third kappa shape index (κ3) is 2.80. The molecule has 2 heterocycles. The van der Waals surface area contributed by atoms with Gasteiger partial charge in [-0.15, -0.1) is 0 Å². The molecule has 0 bridgehead atoms. The van der Waals surface area contributed by atoms with Gasteiger partial charge in [-0.3, -0.25) is 4.79 Å². The maximum Gasteiger partial charge on any atom is 0.227 e. The summed E-state index contributed by atoms with van der Waals surface area (Å²) in [6.07, 6.45) is 2.53. The molecule has 20 heavy (non-hydrogen) atoms. The summed E-state index contributed by atoms with van der Waals surface area (Å²) in [7, 11) is 0. The second-order valence-corrected chi connectivity index (χ2v) is 5.94. The van der Waals surface area contributed by atoms with Crippen molar-refractivity contribution in [3.63, 3.8) is 0 Å². The normalized spacial score (nSPS) is 20.6. The number of amides is 1. The predicted octanol–water partition coefficient (Wildman–Crippen LogP) is 2.08. The van der Waals surface area contributed by atoms with Crippen molar-refractivity contribution < 1.29 is 4.79 Å². The van der Waals surface area contributed by atoms with Crippen molar-refractivity contribution in [2.24, 2.45) is 11.8 Å². The fourth-order valence-electron chi connectivity index (χ4n) is 2.89. The molecule has 0 spiro atoms. The van der Waals surface area contributed by atoms with Crippen molar-refractivity contribution in [2.45, 2.75) is 19.8 Å². The van der Waals surface area contributed by atoms with Crippen LogP contribution in [0.1, 0.15) is 19.8 Å². The Morgan fingerprint density at radius 2 is 2.10 bits per heavy atom. The molecule has 0 saturated carbocycles. The lowest BCUT2D eigenvalue weighted by Crippen LogP contribution is -2.48. The van der Waals surface area contributed by atoms with Crippen LogP contribution in [0.4, 0.5) is 11.4 Å². The molecular weight excluding hydrogens is 250 g/mol. The van der Waals surface area contributed by atoms with E-state index in [1.54, 1.807) is 0 Å². The highest BCUT2D eigenvalue weighted by atomic mass is 16.1. The second-order valence-electron chi connectivity index (χ2n) is 5.94. The maximum absolute atomic E-state index is 12.2. The number of hydrogen-bond acceptors (Lipinski definition) is 3. The summed E-state index contributed by atoms with van der Waals surface area (Å²) < 4.78 is 0. The average Bonchev–Trinajstić information content (AvgIpc) is 2.90. The molecule has 2 fully saturated rings. The standard InChI is InChI=1S/C16H23N3O/c1-12(13-10-17-11-13)16(20)18-14-5-4-6-15(9-14)19-7-2-3-8-19/h4-6,9,12-13,17H,2-3,7-8,10-11H2,1H3,(H,18,20). The summed E-state index contributed by atoms with van der Waals surface area (Å²) in [5.41, 5.74) is 2.14. The molecule has 1 aromatic rings. The van der Waals surface area contributed by atoms with Crippen molar-refractivity contribution in [3.8, 4) is 0 Å². The van der Waals surface area contributed by atoms with E-state index in [0.717, 1.165) is 31.9 Å². The van der Waals surface area contributed by atoms with Gasteiger partial charge in [-0.2, -0.15) is 0 Å². The molecule has 2 N–H and O–H groups in total. The zero-order chi connectivity index (χ0) is 13.9. The van der Waals surface area contributed by atoms with E-state index in [9.17, 15) is 4.79 Å². The Labute approximate surface area is 120 Å². The molecule has 2 saturated heterocycles. The Morgan fingerprint density at radius 3 is 2.75 bits per heavy atom. The lowest BCUT2D eigenvalue weighted by Gasteiger charge is -2.31. The second kappa shape index (κ2) is 5.83. The monoisotopic (exact) mass is 273 g/mol. The number of benzene rings is 1. The van der Waals surface area contributed by atoms with Gasteiger partial charge in [-0.25, -0.2) is 0 Å². The first kappa shape index (κ1) is 13.4. The molecule has 4 nitrogen and oxygen atoms in total. The van der Waals surface area contributed by atoms with E-state index in [0.29, 0.717) is 5.92 Å². The van der Waals surface area contributed by atoms with Crippen molar-refractivity contribution in [2.75, 3.05) is 36.4 Å². The maximum atomic E-state index is 12.2. The highest BCUT2D eigenvalue weighted by Crippen LogP contribution is 2.24. The van der Waals surface area contributed by atoms with Crippen LogP contribution in [-0.4, -0.2) is 32.1 Å². The molecule has 1 atom stereocenters. The van der Waals surface area contributed by atoms with Crippen LogP contribution >= 0.6 is 0 Å². The van der Waals surface area contributed by atoms with Crippen LogP contribution < -0.4 is 15.5 Å². The summed E-state index contributed by atoms with van der Waals surface area (Å²) in [6, 6.07) is 8.22. The van der Waals surface area contributed by atoms with Gasteiger partial charge in [0, 0.05) is 30.4 Å². The molecule has 0 radical (unpaired) electrons. The number of anilines is 2. The number of carbonyl (C=O) groups is 1. The number of hydrogen-bond donors (Lipinski definition) is 2. The molecule has 1 unspecified atom stereocenters. The van der Waals surface area contributed by atoms with Gasteiger partial charge in [0.25, 0.3) is 0 Å². The summed E-state index contributed by atoms with van der Waals surface area (Å²) in [5.74, 6) is 0.693. The minimum atomic E-state index is 0.0756. The van der Waals surface area contributed by atoms with Crippen molar-refractivity contribution in [1.82, 2.24) is 5.32 Å².